The lowest BCUT2D eigenvalue weighted by atomic mass is 10.2. The standard InChI is InChI=1S/C30H32N9O3/c1-19-12-21(6-7-25(19)41-22-8-9-39-27(13-22)33-18-35-39)36-28-23-14-26(31-15-24(23)32-17-34-28)38-11-10-37(16-20(38)2)29(40)42-30(3,4)5/h6-9,12-15,17-18H,10-11,16H2,1-5H3,(H,32,34,36)/q+1. The molecule has 1 aliphatic rings. The number of fused-ring (bicyclic) bond motifs is 2. The van der Waals surface area contributed by atoms with Crippen LogP contribution < -0.4 is 10.1 Å². The van der Waals surface area contributed by atoms with Gasteiger partial charge in [-0.15, -0.1) is 0 Å². The minimum absolute atomic E-state index is 0.309. The van der Waals surface area contributed by atoms with Gasteiger partial charge in [0.1, 0.15) is 47.6 Å². The molecule has 12 nitrogen and oxygen atoms in total. The van der Waals surface area contributed by atoms with E-state index in [1.54, 1.807) is 15.6 Å². The first-order valence-corrected chi connectivity index (χ1v) is 13.7. The Morgan fingerprint density at radius 3 is 2.67 bits per heavy atom. The average molecular weight is 567 g/mol. The zero-order valence-corrected chi connectivity index (χ0v) is 24.2. The number of pyridine rings is 2. The number of amides is 1. The summed E-state index contributed by atoms with van der Waals surface area (Å²) in [4.78, 5) is 32.1. The highest BCUT2D eigenvalue weighted by atomic mass is 16.6. The van der Waals surface area contributed by atoms with Gasteiger partial charge in [0.25, 0.3) is 0 Å². The maximum Gasteiger partial charge on any atom is 0.410 e. The summed E-state index contributed by atoms with van der Waals surface area (Å²) in [7, 11) is 0. The average Bonchev–Trinajstić information content (AvgIpc) is 3.42. The largest absolute Gasteiger partial charge is 0.457 e. The fourth-order valence-corrected chi connectivity index (χ4v) is 4.81. The van der Waals surface area contributed by atoms with Crippen LogP contribution in [-0.4, -0.2) is 76.1 Å². The van der Waals surface area contributed by atoms with E-state index in [0.29, 0.717) is 36.8 Å². The molecule has 0 unspecified atom stereocenters. The van der Waals surface area contributed by atoms with E-state index >= 15 is 0 Å². The van der Waals surface area contributed by atoms with Gasteiger partial charge in [-0.2, -0.15) is 5.10 Å². The van der Waals surface area contributed by atoms with Crippen molar-refractivity contribution in [2.75, 3.05) is 25.0 Å². The summed E-state index contributed by atoms with van der Waals surface area (Å²) >= 11 is 0. The van der Waals surface area contributed by atoms with Crippen LogP contribution in [0, 0.1) is 6.92 Å². The summed E-state index contributed by atoms with van der Waals surface area (Å²) in [5.41, 5.74) is 3.72. The van der Waals surface area contributed by atoms with Crippen LogP contribution in [0.25, 0.3) is 16.6 Å². The number of carbonyl (C=O) groups excluding carboxylic acids is 1. The second-order valence-electron chi connectivity index (χ2n) is 11.2. The van der Waals surface area contributed by atoms with Crippen LogP contribution in [0.4, 0.5) is 22.1 Å². The van der Waals surface area contributed by atoms with Gasteiger partial charge < -0.3 is 14.8 Å². The Labute approximate surface area is 242 Å². The predicted molar refractivity (Wildman–Crippen MR) is 158 cm³/mol. The van der Waals surface area contributed by atoms with Gasteiger partial charge in [0, 0.05) is 24.0 Å². The molecular weight excluding hydrogens is 534 g/mol. The lowest BCUT2D eigenvalue weighted by Gasteiger charge is -2.30. The van der Waals surface area contributed by atoms with Crippen molar-refractivity contribution in [1.29, 1.82) is 0 Å². The normalized spacial score (nSPS) is 14.0. The Hall–Kier alpha value is -5.13. The van der Waals surface area contributed by atoms with Gasteiger partial charge in [-0.3, -0.25) is 4.90 Å². The van der Waals surface area contributed by atoms with Crippen molar-refractivity contribution in [3.8, 4) is 11.5 Å². The van der Waals surface area contributed by atoms with Gasteiger partial charge in [-0.1, -0.05) is 0 Å². The molecule has 214 valence electrons. The Bertz CT molecular complexity index is 1840. The smallest absolute Gasteiger partial charge is 0.410 e. The first-order chi connectivity index (χ1) is 20.1. The van der Waals surface area contributed by atoms with E-state index in [2.05, 4.69) is 34.9 Å². The molecule has 0 radical (unpaired) electrons. The topological polar surface area (TPSA) is 123 Å². The van der Waals surface area contributed by atoms with E-state index in [-0.39, 0.29) is 6.09 Å². The van der Waals surface area contributed by atoms with Crippen molar-refractivity contribution in [2.45, 2.75) is 40.2 Å². The summed E-state index contributed by atoms with van der Waals surface area (Å²) in [5.74, 6) is 2.85. The van der Waals surface area contributed by atoms with E-state index < -0.39 is 5.60 Å². The number of ether oxygens (including phenoxy) is 2. The molecule has 6 rings (SSSR count). The maximum atomic E-state index is 12.6. The van der Waals surface area contributed by atoms with Crippen molar-refractivity contribution >= 4 is 45.7 Å². The van der Waals surface area contributed by atoms with E-state index in [0.717, 1.165) is 39.4 Å². The lowest BCUT2D eigenvalue weighted by Crippen LogP contribution is -2.47. The Morgan fingerprint density at radius 1 is 1.02 bits per heavy atom. The quantitative estimate of drug-likeness (QED) is 0.284. The van der Waals surface area contributed by atoms with Crippen LogP contribution in [0.1, 0.15) is 33.3 Å². The van der Waals surface area contributed by atoms with Crippen LogP contribution in [0.2, 0.25) is 0 Å². The minimum atomic E-state index is -0.537. The molecule has 4 aromatic heterocycles. The van der Waals surface area contributed by atoms with Crippen LogP contribution in [0.5, 0.6) is 11.5 Å². The van der Waals surface area contributed by atoms with Crippen molar-refractivity contribution in [1.82, 2.24) is 34.4 Å². The molecular formula is C30H32N9O3+. The summed E-state index contributed by atoms with van der Waals surface area (Å²) in [5, 5.41) is 8.39. The monoisotopic (exact) mass is 566 g/mol. The highest BCUT2D eigenvalue weighted by Gasteiger charge is 2.29. The fraction of sp³-hybridized carbons (Fsp3) is 0.300. The molecule has 1 amide bonds. The second-order valence-corrected chi connectivity index (χ2v) is 11.2. The Balaban J connectivity index is 1.22. The van der Waals surface area contributed by atoms with Gasteiger partial charge >= 0.3 is 11.9 Å². The molecule has 1 aromatic carbocycles. The summed E-state index contributed by atoms with van der Waals surface area (Å²) in [6.07, 6.45) is 6.28. The van der Waals surface area contributed by atoms with Gasteiger partial charge in [-0.05, 0) is 69.4 Å². The highest BCUT2D eigenvalue weighted by molar-refractivity contribution is 5.91. The molecule has 0 atom stereocenters. The number of hydrogen-bond acceptors (Lipinski definition) is 9. The summed E-state index contributed by atoms with van der Waals surface area (Å²) < 4.78 is 15.5. The molecule has 5 heterocycles. The molecule has 42 heavy (non-hydrogen) atoms. The molecule has 1 aliphatic heterocycles. The van der Waals surface area contributed by atoms with E-state index in [9.17, 15) is 4.79 Å². The molecule has 12 heteroatoms. The predicted octanol–water partition coefficient (Wildman–Crippen LogP) is 5.27. The van der Waals surface area contributed by atoms with Crippen molar-refractivity contribution in [3.63, 3.8) is 0 Å². The van der Waals surface area contributed by atoms with Gasteiger partial charge in [0.05, 0.1) is 24.2 Å². The second kappa shape index (κ2) is 10.7. The lowest BCUT2D eigenvalue weighted by molar-refractivity contribution is -0.452. The molecule has 0 saturated heterocycles. The number of carbonyl (C=O) groups is 1. The molecule has 0 bridgehead atoms. The van der Waals surface area contributed by atoms with Gasteiger partial charge in [0.2, 0.25) is 0 Å². The molecule has 1 N–H and O–H groups in total. The van der Waals surface area contributed by atoms with Crippen LogP contribution >= 0.6 is 0 Å². The zero-order valence-electron chi connectivity index (χ0n) is 24.2. The first-order valence-electron chi connectivity index (χ1n) is 13.7. The van der Waals surface area contributed by atoms with Crippen molar-refractivity contribution in [2.24, 2.45) is 0 Å². The number of anilines is 2. The number of rotatable bonds is 5. The van der Waals surface area contributed by atoms with E-state index in [1.165, 1.54) is 12.7 Å². The third-order valence-corrected chi connectivity index (χ3v) is 6.83. The third-order valence-electron chi connectivity index (χ3n) is 6.83. The van der Waals surface area contributed by atoms with Crippen LogP contribution in [0.3, 0.4) is 0 Å². The van der Waals surface area contributed by atoms with Crippen LogP contribution in [-0.2, 0) is 4.74 Å². The van der Waals surface area contributed by atoms with Gasteiger partial charge in [-0.25, -0.2) is 28.8 Å². The third kappa shape index (κ3) is 5.69. The molecule has 0 fully saturated rings. The number of aryl methyl sites for hydroxylation is 1. The van der Waals surface area contributed by atoms with Crippen molar-refractivity contribution < 1.29 is 18.8 Å². The Morgan fingerprint density at radius 2 is 1.88 bits per heavy atom. The number of nitrogens with zero attached hydrogens (tertiary/aromatic N) is 8. The molecule has 0 saturated carbocycles. The molecule has 0 aliphatic carbocycles. The van der Waals surface area contributed by atoms with Crippen molar-refractivity contribution in [3.05, 3.63) is 67.0 Å². The van der Waals surface area contributed by atoms with Crippen LogP contribution in [0.15, 0.2) is 61.4 Å². The summed E-state index contributed by atoms with van der Waals surface area (Å²) in [6.45, 7) is 11.2. The number of hydrogen-bond donors (Lipinski definition) is 1. The van der Waals surface area contributed by atoms with Gasteiger partial charge in [0.15, 0.2) is 11.8 Å². The highest BCUT2D eigenvalue weighted by Crippen LogP contribution is 2.31. The van der Waals surface area contributed by atoms with E-state index in [1.807, 2.05) is 77.2 Å². The molecule has 5 aromatic rings. The first kappa shape index (κ1) is 27.1. The zero-order chi connectivity index (χ0) is 29.4. The molecule has 0 spiro atoms. The number of aromatic nitrogens is 6. The van der Waals surface area contributed by atoms with E-state index in [4.69, 9.17) is 9.47 Å². The number of nitrogens with one attached hydrogen (secondary N) is 1. The Kier molecular flexibility index (Phi) is 6.89. The SMILES string of the molecule is CC1=[N+](c2cc3c(Nc4ccc(Oc5ccn6ncnc6c5)c(C)c4)ncnc3cn2)CCN(C(=O)OC(C)(C)C)C1. The summed E-state index contributed by atoms with van der Waals surface area (Å²) in [6, 6.07) is 11.5. The maximum absolute atomic E-state index is 12.6. The minimum Gasteiger partial charge on any atom is -0.457 e. The number of benzene rings is 1. The fourth-order valence-electron chi connectivity index (χ4n) is 4.81.